The molecule has 12 nitrogen and oxygen atoms in total. The molecule has 0 saturated carbocycles. The molecule has 0 radical (unpaired) electrons. The summed E-state index contributed by atoms with van der Waals surface area (Å²) in [5.74, 6) is -6.42. The van der Waals surface area contributed by atoms with Gasteiger partial charge < -0.3 is 9.47 Å². The molecule has 12 heteroatoms. The normalized spacial score (nSPS) is 10.7. The molecule has 0 amide bonds. The van der Waals surface area contributed by atoms with Crippen molar-refractivity contribution in [2.24, 2.45) is 0 Å². The molecule has 0 atom stereocenters. The van der Waals surface area contributed by atoms with Crippen LogP contribution in [0.5, 0.6) is 11.5 Å². The van der Waals surface area contributed by atoms with Crippen LogP contribution >= 0.6 is 0 Å². The van der Waals surface area contributed by atoms with Crippen molar-refractivity contribution in [3.8, 4) is 11.5 Å². The SMILES string of the molecule is CCCCCCCC(=O)c1ccc(OC(=O)c2ccccc2)c(C(=O)c2ccccc2C(=O)OOC(=O)c2ccccc2C(=O)c2cc(C(=O)CCCCCCC)ccc2OC(=O)c2ccccc2)c1. The molecule has 6 aromatic carbocycles. The Bertz CT molecular complexity index is 2650. The van der Waals surface area contributed by atoms with Gasteiger partial charge in [-0.15, -0.1) is 0 Å². The Morgan fingerprint density at radius 1 is 0.329 bits per heavy atom. The topological polar surface area (TPSA) is 173 Å². The zero-order chi connectivity index (χ0) is 49.8. The summed E-state index contributed by atoms with van der Waals surface area (Å²) < 4.78 is 11.4. The third-order valence-electron chi connectivity index (χ3n) is 11.5. The Balaban J connectivity index is 1.24. The first-order chi connectivity index (χ1) is 34.0. The molecule has 0 saturated heterocycles. The van der Waals surface area contributed by atoms with Crippen LogP contribution < -0.4 is 9.47 Å². The second-order valence-electron chi connectivity index (χ2n) is 16.6. The summed E-state index contributed by atoms with van der Waals surface area (Å²) in [7, 11) is 0. The fourth-order valence-corrected chi connectivity index (χ4v) is 7.65. The molecule has 70 heavy (non-hydrogen) atoms. The molecular weight excluding hydrogens is 889 g/mol. The van der Waals surface area contributed by atoms with Gasteiger partial charge in [0.05, 0.1) is 33.4 Å². The zero-order valence-electron chi connectivity index (χ0n) is 39.2. The zero-order valence-corrected chi connectivity index (χ0v) is 39.2. The van der Waals surface area contributed by atoms with Crippen molar-refractivity contribution in [2.45, 2.75) is 90.9 Å². The Labute approximate surface area is 406 Å². The molecule has 0 unspecified atom stereocenters. The first-order valence-corrected chi connectivity index (χ1v) is 23.6. The standard InChI is InChI=1S/C58H54O12/c1-3-5-7-9-17-31-49(59)41-33-35-51(67-55(63)39-23-13-11-14-24-39)47(37-41)53(61)43-27-19-21-29-45(43)57(65)69-70-58(66)46-30-22-20-28-44(46)54(62)48-38-42(50(60)32-18-10-8-6-4-2)34-36-52(48)68-56(64)40-25-15-12-16-26-40/h11-16,19-30,33-38H,3-10,17-18,31-32H2,1-2H3. The van der Waals surface area contributed by atoms with Crippen LogP contribution in [0.2, 0.25) is 0 Å². The predicted octanol–water partition coefficient (Wildman–Crippen LogP) is 12.6. The fourth-order valence-electron chi connectivity index (χ4n) is 7.65. The third kappa shape index (κ3) is 13.7. The lowest BCUT2D eigenvalue weighted by Crippen LogP contribution is -2.19. The van der Waals surface area contributed by atoms with Crippen LogP contribution in [0.1, 0.15) is 185 Å². The van der Waals surface area contributed by atoms with Crippen LogP contribution in [0.3, 0.4) is 0 Å². The molecule has 0 aliphatic rings. The highest BCUT2D eigenvalue weighted by Gasteiger charge is 2.29. The molecule has 6 aromatic rings. The van der Waals surface area contributed by atoms with Gasteiger partial charge in [-0.05, 0) is 85.6 Å². The highest BCUT2D eigenvalue weighted by molar-refractivity contribution is 6.18. The smallest absolute Gasteiger partial charge is 0.387 e. The van der Waals surface area contributed by atoms with Crippen LogP contribution in [0, 0.1) is 0 Å². The van der Waals surface area contributed by atoms with E-state index in [0.717, 1.165) is 51.4 Å². The number of benzene rings is 6. The molecule has 0 spiro atoms. The summed E-state index contributed by atoms with van der Waals surface area (Å²) in [4.78, 5) is 120. The van der Waals surface area contributed by atoms with Crippen molar-refractivity contribution >= 4 is 47.0 Å². The number of hydrogen-bond donors (Lipinski definition) is 0. The molecular formula is C58H54O12. The van der Waals surface area contributed by atoms with Crippen molar-refractivity contribution in [2.75, 3.05) is 0 Å². The first kappa shape index (κ1) is 51.3. The van der Waals surface area contributed by atoms with Crippen LogP contribution in [-0.2, 0) is 9.78 Å². The van der Waals surface area contributed by atoms with Crippen LogP contribution in [-0.4, -0.2) is 47.0 Å². The van der Waals surface area contributed by atoms with Crippen molar-refractivity contribution in [1.82, 2.24) is 0 Å². The van der Waals surface area contributed by atoms with Gasteiger partial charge in [0, 0.05) is 35.1 Å². The van der Waals surface area contributed by atoms with Crippen LogP contribution in [0.25, 0.3) is 0 Å². The summed E-state index contributed by atoms with van der Waals surface area (Å²) in [5, 5.41) is 0. The quantitative estimate of drug-likeness (QED) is 0.0140. The summed E-state index contributed by atoms with van der Waals surface area (Å²) >= 11 is 0. The molecule has 0 bridgehead atoms. The number of ketones is 4. The molecule has 0 aromatic heterocycles. The molecule has 6 rings (SSSR count). The second-order valence-corrected chi connectivity index (χ2v) is 16.6. The van der Waals surface area contributed by atoms with Gasteiger partial charge in [-0.2, -0.15) is 0 Å². The van der Waals surface area contributed by atoms with Gasteiger partial charge in [-0.1, -0.05) is 138 Å². The van der Waals surface area contributed by atoms with E-state index >= 15 is 0 Å². The number of Topliss-reactive ketones (excluding diaryl/α,β-unsaturated/α-hetero) is 2. The Morgan fingerprint density at radius 2 is 0.671 bits per heavy atom. The summed E-state index contributed by atoms with van der Waals surface area (Å²) in [5.41, 5.74) is -0.668. The minimum Gasteiger partial charge on any atom is -0.422 e. The van der Waals surface area contributed by atoms with Crippen molar-refractivity contribution in [3.63, 3.8) is 0 Å². The molecule has 358 valence electrons. The van der Waals surface area contributed by atoms with E-state index < -0.39 is 35.4 Å². The average molecular weight is 943 g/mol. The van der Waals surface area contributed by atoms with Gasteiger partial charge in [0.15, 0.2) is 23.1 Å². The lowest BCUT2D eigenvalue weighted by atomic mass is 9.94. The van der Waals surface area contributed by atoms with E-state index in [1.165, 1.54) is 84.9 Å². The van der Waals surface area contributed by atoms with E-state index in [1.54, 1.807) is 60.7 Å². The second kappa shape index (κ2) is 25.9. The maximum Gasteiger partial charge on any atom is 0.387 e. The number of rotatable bonds is 24. The van der Waals surface area contributed by atoms with Gasteiger partial charge in [-0.3, -0.25) is 19.2 Å². The lowest BCUT2D eigenvalue weighted by molar-refractivity contribution is -0.187. The number of ether oxygens (including phenoxy) is 2. The first-order valence-electron chi connectivity index (χ1n) is 23.6. The largest absolute Gasteiger partial charge is 0.422 e. The van der Waals surface area contributed by atoms with Gasteiger partial charge >= 0.3 is 23.9 Å². The number of carbonyl (C=O) groups excluding carboxylic acids is 8. The van der Waals surface area contributed by atoms with E-state index in [0.29, 0.717) is 12.8 Å². The highest BCUT2D eigenvalue weighted by atomic mass is 17.2. The van der Waals surface area contributed by atoms with Gasteiger partial charge in [0.1, 0.15) is 11.5 Å². The lowest BCUT2D eigenvalue weighted by Gasteiger charge is -2.14. The molecule has 0 fully saturated rings. The van der Waals surface area contributed by atoms with E-state index in [4.69, 9.17) is 19.2 Å². The summed E-state index contributed by atoms with van der Waals surface area (Å²) in [6.45, 7) is 4.19. The van der Waals surface area contributed by atoms with Gasteiger partial charge in [-0.25, -0.2) is 29.0 Å². The highest BCUT2D eigenvalue weighted by Crippen LogP contribution is 2.30. The van der Waals surface area contributed by atoms with E-state index in [1.807, 2.05) is 0 Å². The maximum atomic E-state index is 14.5. The number of unbranched alkanes of at least 4 members (excludes halogenated alkanes) is 8. The van der Waals surface area contributed by atoms with E-state index in [9.17, 15) is 38.4 Å². The average Bonchev–Trinajstić information content (AvgIpc) is 3.40. The van der Waals surface area contributed by atoms with Crippen molar-refractivity contribution in [1.29, 1.82) is 0 Å². The van der Waals surface area contributed by atoms with Crippen LogP contribution in [0.4, 0.5) is 0 Å². The Hall–Kier alpha value is -8.12. The summed E-state index contributed by atoms with van der Waals surface area (Å²) in [6, 6.07) is 35.6. The molecule has 0 heterocycles. The number of hydrogen-bond acceptors (Lipinski definition) is 12. The van der Waals surface area contributed by atoms with Gasteiger partial charge in [0.25, 0.3) is 0 Å². The maximum absolute atomic E-state index is 14.5. The fraction of sp³-hybridized carbons (Fsp3) is 0.241. The Kier molecular flexibility index (Phi) is 18.9. The van der Waals surface area contributed by atoms with Crippen molar-refractivity contribution < 1.29 is 57.6 Å². The van der Waals surface area contributed by atoms with E-state index in [-0.39, 0.29) is 91.5 Å². The van der Waals surface area contributed by atoms with Gasteiger partial charge in [0.2, 0.25) is 0 Å². The minimum absolute atomic E-state index is 0.162. The number of esters is 2. The predicted molar refractivity (Wildman–Crippen MR) is 262 cm³/mol. The third-order valence-corrected chi connectivity index (χ3v) is 11.5. The minimum atomic E-state index is -1.26. The molecule has 0 aliphatic heterocycles. The van der Waals surface area contributed by atoms with E-state index in [2.05, 4.69) is 13.8 Å². The monoisotopic (exact) mass is 942 g/mol. The van der Waals surface area contributed by atoms with Crippen molar-refractivity contribution in [3.05, 3.63) is 201 Å². The summed E-state index contributed by atoms with van der Waals surface area (Å²) in [6.07, 6.45) is 9.67. The molecule has 0 N–H and O–H groups in total. The molecule has 0 aliphatic carbocycles. The van der Waals surface area contributed by atoms with Crippen LogP contribution in [0.15, 0.2) is 146 Å². The number of carbonyl (C=O) groups is 8. The Morgan fingerprint density at radius 3 is 1.04 bits per heavy atom.